The molecule has 3 aliphatic heterocycles. The molecule has 0 saturated carbocycles. The summed E-state index contributed by atoms with van der Waals surface area (Å²) in [6.07, 6.45) is -0.0350. The van der Waals surface area contributed by atoms with Crippen molar-refractivity contribution in [2.75, 3.05) is 20.5 Å². The van der Waals surface area contributed by atoms with Gasteiger partial charge in [-0.25, -0.2) is 0 Å². The van der Waals surface area contributed by atoms with Gasteiger partial charge in [0.1, 0.15) is 23.4 Å². The number of benzene rings is 2. The molecular weight excluding hydrogens is 284 g/mol. The maximum atomic E-state index is 6.18. The summed E-state index contributed by atoms with van der Waals surface area (Å²) in [7, 11) is 1.65. The van der Waals surface area contributed by atoms with Gasteiger partial charge in [-0.05, 0) is 18.2 Å². The van der Waals surface area contributed by atoms with Crippen molar-refractivity contribution in [1.29, 1.82) is 0 Å². The summed E-state index contributed by atoms with van der Waals surface area (Å²) in [5.74, 6) is 4.16. The average Bonchev–Trinajstić information content (AvgIpc) is 3.15. The van der Waals surface area contributed by atoms with Crippen LogP contribution in [0.5, 0.6) is 28.7 Å². The summed E-state index contributed by atoms with van der Waals surface area (Å²) in [5.41, 5.74) is 2.17. The Labute approximate surface area is 127 Å². The standard InChI is InChI=1S/C17H14O5/c1-18-9-2-3-10-13(4-9)19-7-12-11-5-15-16(21-8-20-15)6-14(11)22-17(10)12/h2-6,12,17H,7-8H2,1H3/t12-,17+/m1/s1. The van der Waals surface area contributed by atoms with E-state index in [1.807, 2.05) is 30.3 Å². The first-order valence-corrected chi connectivity index (χ1v) is 7.24. The van der Waals surface area contributed by atoms with Gasteiger partial charge in [-0.3, -0.25) is 0 Å². The molecule has 2 aromatic carbocycles. The first-order chi connectivity index (χ1) is 10.8. The number of methoxy groups -OCH3 is 1. The highest BCUT2D eigenvalue weighted by atomic mass is 16.7. The van der Waals surface area contributed by atoms with Crippen molar-refractivity contribution < 1.29 is 23.7 Å². The Morgan fingerprint density at radius 3 is 2.64 bits per heavy atom. The maximum Gasteiger partial charge on any atom is 0.231 e. The molecule has 5 heteroatoms. The number of hydrogen-bond acceptors (Lipinski definition) is 5. The van der Waals surface area contributed by atoms with E-state index >= 15 is 0 Å². The summed E-state index contributed by atoms with van der Waals surface area (Å²) in [6.45, 7) is 0.850. The van der Waals surface area contributed by atoms with Gasteiger partial charge in [-0.2, -0.15) is 0 Å². The van der Waals surface area contributed by atoms with Gasteiger partial charge in [-0.15, -0.1) is 0 Å². The third-order valence-electron chi connectivity index (χ3n) is 4.47. The van der Waals surface area contributed by atoms with Crippen molar-refractivity contribution in [3.63, 3.8) is 0 Å². The molecule has 0 radical (unpaired) electrons. The molecule has 0 aliphatic carbocycles. The Bertz CT molecular complexity index is 770. The molecule has 0 amide bonds. The second-order valence-corrected chi connectivity index (χ2v) is 5.60. The van der Waals surface area contributed by atoms with Crippen molar-refractivity contribution in [2.45, 2.75) is 12.0 Å². The van der Waals surface area contributed by atoms with Crippen molar-refractivity contribution in [1.82, 2.24) is 0 Å². The van der Waals surface area contributed by atoms with E-state index < -0.39 is 0 Å². The summed E-state index contributed by atoms with van der Waals surface area (Å²) >= 11 is 0. The molecule has 5 nitrogen and oxygen atoms in total. The second kappa shape index (κ2) is 4.22. The number of fused-ring (bicyclic) bond motifs is 6. The number of hydrogen-bond donors (Lipinski definition) is 0. The largest absolute Gasteiger partial charge is 0.497 e. The van der Waals surface area contributed by atoms with Gasteiger partial charge in [0.2, 0.25) is 6.79 Å². The molecule has 0 N–H and O–H groups in total. The predicted octanol–water partition coefficient (Wildman–Crippen LogP) is 3.03. The molecule has 2 aromatic rings. The summed E-state index contributed by atoms with van der Waals surface area (Å²) < 4.78 is 28.3. The molecule has 3 aliphatic rings. The van der Waals surface area contributed by atoms with Crippen LogP contribution in [0.25, 0.3) is 0 Å². The second-order valence-electron chi connectivity index (χ2n) is 5.60. The van der Waals surface area contributed by atoms with Crippen LogP contribution in [-0.4, -0.2) is 20.5 Å². The minimum atomic E-state index is -0.0350. The normalized spacial score (nSPS) is 23.0. The molecule has 112 valence electrons. The molecule has 0 unspecified atom stereocenters. The quantitative estimate of drug-likeness (QED) is 0.810. The Morgan fingerprint density at radius 2 is 1.77 bits per heavy atom. The van der Waals surface area contributed by atoms with Gasteiger partial charge in [0, 0.05) is 23.3 Å². The molecule has 0 spiro atoms. The van der Waals surface area contributed by atoms with E-state index in [0.717, 1.165) is 39.9 Å². The van der Waals surface area contributed by atoms with Crippen molar-refractivity contribution in [2.24, 2.45) is 0 Å². The van der Waals surface area contributed by atoms with Gasteiger partial charge in [0.05, 0.1) is 19.6 Å². The summed E-state index contributed by atoms with van der Waals surface area (Å²) in [4.78, 5) is 0. The summed E-state index contributed by atoms with van der Waals surface area (Å²) in [5, 5.41) is 0. The van der Waals surface area contributed by atoms with Gasteiger partial charge >= 0.3 is 0 Å². The fourth-order valence-electron chi connectivity index (χ4n) is 3.35. The lowest BCUT2D eigenvalue weighted by Crippen LogP contribution is -2.23. The fourth-order valence-corrected chi connectivity index (χ4v) is 3.35. The van der Waals surface area contributed by atoms with E-state index in [0.29, 0.717) is 6.61 Å². The number of rotatable bonds is 1. The molecule has 5 rings (SSSR count). The van der Waals surface area contributed by atoms with E-state index in [1.165, 1.54) is 0 Å². The van der Waals surface area contributed by atoms with Crippen LogP contribution in [0.4, 0.5) is 0 Å². The maximum absolute atomic E-state index is 6.18. The van der Waals surface area contributed by atoms with Crippen LogP contribution in [0.2, 0.25) is 0 Å². The third kappa shape index (κ3) is 1.53. The van der Waals surface area contributed by atoms with Gasteiger partial charge in [0.25, 0.3) is 0 Å². The van der Waals surface area contributed by atoms with Crippen LogP contribution < -0.4 is 23.7 Å². The molecule has 22 heavy (non-hydrogen) atoms. The molecule has 0 bridgehead atoms. The smallest absolute Gasteiger partial charge is 0.231 e. The highest BCUT2D eigenvalue weighted by Gasteiger charge is 2.42. The van der Waals surface area contributed by atoms with Crippen molar-refractivity contribution in [3.05, 3.63) is 41.5 Å². The van der Waals surface area contributed by atoms with Gasteiger partial charge < -0.3 is 23.7 Å². The highest BCUT2D eigenvalue weighted by molar-refractivity contribution is 5.57. The van der Waals surface area contributed by atoms with Crippen molar-refractivity contribution in [3.8, 4) is 28.7 Å². The van der Waals surface area contributed by atoms with E-state index in [1.54, 1.807) is 7.11 Å². The Hall–Kier alpha value is -2.56. The van der Waals surface area contributed by atoms with Crippen LogP contribution in [0.15, 0.2) is 30.3 Å². The monoisotopic (exact) mass is 298 g/mol. The Kier molecular flexibility index (Phi) is 2.31. The van der Waals surface area contributed by atoms with Crippen LogP contribution >= 0.6 is 0 Å². The average molecular weight is 298 g/mol. The zero-order valence-electron chi connectivity index (χ0n) is 12.0. The predicted molar refractivity (Wildman–Crippen MR) is 77.2 cm³/mol. The van der Waals surface area contributed by atoms with Gasteiger partial charge in [-0.1, -0.05) is 0 Å². The van der Waals surface area contributed by atoms with E-state index in [-0.39, 0.29) is 18.8 Å². The SMILES string of the molecule is COc1ccc2c(c1)OC[C@@H]1c3cc4c(cc3O[C@@H]21)OCO4. The third-order valence-corrected chi connectivity index (χ3v) is 4.47. The van der Waals surface area contributed by atoms with Gasteiger partial charge in [0.15, 0.2) is 11.5 Å². The minimum Gasteiger partial charge on any atom is -0.497 e. The van der Waals surface area contributed by atoms with E-state index in [2.05, 4.69) is 0 Å². The molecule has 0 fully saturated rings. The van der Waals surface area contributed by atoms with Crippen LogP contribution in [-0.2, 0) is 0 Å². The first-order valence-electron chi connectivity index (χ1n) is 7.24. The molecular formula is C17H14O5. The molecule has 3 heterocycles. The van der Waals surface area contributed by atoms with E-state index in [4.69, 9.17) is 23.7 Å². The van der Waals surface area contributed by atoms with Crippen LogP contribution in [0.1, 0.15) is 23.1 Å². The highest BCUT2D eigenvalue weighted by Crippen LogP contribution is 2.54. The lowest BCUT2D eigenvalue weighted by molar-refractivity contribution is 0.138. The zero-order valence-corrected chi connectivity index (χ0v) is 12.0. The lowest BCUT2D eigenvalue weighted by Gasteiger charge is -2.28. The van der Waals surface area contributed by atoms with Crippen LogP contribution in [0, 0.1) is 0 Å². The van der Waals surface area contributed by atoms with E-state index in [9.17, 15) is 0 Å². The molecule has 2 atom stereocenters. The Morgan fingerprint density at radius 1 is 0.909 bits per heavy atom. The Balaban J connectivity index is 1.58. The lowest BCUT2D eigenvalue weighted by atomic mass is 9.89. The zero-order chi connectivity index (χ0) is 14.7. The molecule has 0 aromatic heterocycles. The fraction of sp³-hybridized carbons (Fsp3) is 0.294. The van der Waals surface area contributed by atoms with Crippen molar-refractivity contribution >= 4 is 0 Å². The van der Waals surface area contributed by atoms with Crippen LogP contribution in [0.3, 0.4) is 0 Å². The first kappa shape index (κ1) is 12.0. The summed E-state index contributed by atoms with van der Waals surface area (Å²) in [6, 6.07) is 9.78. The molecule has 0 saturated heterocycles. The topological polar surface area (TPSA) is 46.2 Å². The minimum absolute atomic E-state index is 0.0350. The number of ether oxygens (including phenoxy) is 5.